The van der Waals surface area contributed by atoms with Gasteiger partial charge in [0.15, 0.2) is 5.13 Å². The Morgan fingerprint density at radius 3 is 2.50 bits per heavy atom. The summed E-state index contributed by atoms with van der Waals surface area (Å²) in [6, 6.07) is 20.3. The number of carbonyl (C=O) groups excluding carboxylic acids is 1. The first kappa shape index (κ1) is 23.4. The summed E-state index contributed by atoms with van der Waals surface area (Å²) in [7, 11) is 0. The number of amides is 1. The SMILES string of the molecule is CC(C)n1nc(-c2sc(NC(=O)c3ccc(Cn4ccnc4)cc3)nc2-c2ccccc2)ccc1=O. The number of hydrogen-bond donors (Lipinski definition) is 1. The van der Waals surface area contributed by atoms with Crippen LogP contribution in [0, 0.1) is 0 Å². The topological polar surface area (TPSA) is 94.7 Å². The third-order valence-electron chi connectivity index (χ3n) is 5.58. The van der Waals surface area contributed by atoms with E-state index in [0.29, 0.717) is 28.6 Å². The van der Waals surface area contributed by atoms with Gasteiger partial charge in [0.25, 0.3) is 11.5 Å². The van der Waals surface area contributed by atoms with Gasteiger partial charge in [-0.1, -0.05) is 53.8 Å². The molecule has 180 valence electrons. The van der Waals surface area contributed by atoms with Crippen molar-refractivity contribution >= 4 is 22.4 Å². The molecule has 0 saturated carbocycles. The van der Waals surface area contributed by atoms with Gasteiger partial charge in [0, 0.05) is 36.1 Å². The van der Waals surface area contributed by atoms with Crippen LogP contribution >= 0.6 is 11.3 Å². The predicted molar refractivity (Wildman–Crippen MR) is 141 cm³/mol. The highest BCUT2D eigenvalue weighted by atomic mass is 32.1. The van der Waals surface area contributed by atoms with E-state index in [2.05, 4.69) is 15.4 Å². The van der Waals surface area contributed by atoms with Crippen molar-refractivity contribution in [1.29, 1.82) is 0 Å². The molecule has 5 aromatic rings. The molecule has 0 bridgehead atoms. The molecule has 0 aliphatic rings. The zero-order valence-electron chi connectivity index (χ0n) is 19.8. The monoisotopic (exact) mass is 496 g/mol. The molecular formula is C27H24N6O2S. The summed E-state index contributed by atoms with van der Waals surface area (Å²) >= 11 is 1.33. The minimum Gasteiger partial charge on any atom is -0.333 e. The first-order valence-corrected chi connectivity index (χ1v) is 12.3. The summed E-state index contributed by atoms with van der Waals surface area (Å²) in [6.07, 6.45) is 5.39. The molecule has 36 heavy (non-hydrogen) atoms. The Balaban J connectivity index is 1.44. The summed E-state index contributed by atoms with van der Waals surface area (Å²) in [5.41, 5.74) is 3.67. The maximum Gasteiger partial charge on any atom is 0.267 e. The van der Waals surface area contributed by atoms with Crippen molar-refractivity contribution in [2.75, 3.05) is 5.32 Å². The molecule has 8 nitrogen and oxygen atoms in total. The third kappa shape index (κ3) is 5.01. The first-order chi connectivity index (χ1) is 17.5. The van der Waals surface area contributed by atoms with Crippen LogP contribution in [0.15, 0.2) is 90.2 Å². The van der Waals surface area contributed by atoms with Crippen LogP contribution in [-0.4, -0.2) is 30.2 Å². The largest absolute Gasteiger partial charge is 0.333 e. The fourth-order valence-corrected chi connectivity index (χ4v) is 4.72. The van der Waals surface area contributed by atoms with Crippen LogP contribution in [0.4, 0.5) is 5.13 Å². The Morgan fingerprint density at radius 1 is 1.03 bits per heavy atom. The van der Waals surface area contributed by atoms with Crippen molar-refractivity contribution in [2.24, 2.45) is 0 Å². The number of nitrogens with zero attached hydrogens (tertiary/aromatic N) is 5. The van der Waals surface area contributed by atoms with E-state index in [-0.39, 0.29) is 17.5 Å². The second kappa shape index (κ2) is 10.1. The molecule has 0 fully saturated rings. The van der Waals surface area contributed by atoms with Gasteiger partial charge < -0.3 is 4.57 Å². The zero-order valence-corrected chi connectivity index (χ0v) is 20.6. The van der Waals surface area contributed by atoms with E-state index in [1.807, 2.05) is 67.1 Å². The average molecular weight is 497 g/mol. The number of carbonyl (C=O) groups is 1. The first-order valence-electron chi connectivity index (χ1n) is 11.5. The molecule has 1 N–H and O–H groups in total. The van der Waals surface area contributed by atoms with Crippen LogP contribution in [-0.2, 0) is 6.54 Å². The van der Waals surface area contributed by atoms with Gasteiger partial charge in [-0.25, -0.2) is 14.6 Å². The Hall–Kier alpha value is -4.37. The zero-order chi connectivity index (χ0) is 25.1. The molecule has 5 rings (SSSR count). The molecule has 0 aliphatic heterocycles. The number of thiazole rings is 1. The minimum atomic E-state index is -0.246. The molecule has 9 heteroatoms. The lowest BCUT2D eigenvalue weighted by molar-refractivity contribution is 0.102. The second-order valence-corrected chi connectivity index (χ2v) is 9.54. The van der Waals surface area contributed by atoms with Gasteiger partial charge in [-0.05, 0) is 37.6 Å². The Bertz CT molecular complexity index is 1540. The van der Waals surface area contributed by atoms with Crippen LogP contribution < -0.4 is 10.9 Å². The van der Waals surface area contributed by atoms with E-state index in [9.17, 15) is 9.59 Å². The minimum absolute atomic E-state index is 0.0820. The molecular weight excluding hydrogens is 472 g/mol. The number of aromatic nitrogens is 5. The van der Waals surface area contributed by atoms with Crippen LogP contribution in [0.3, 0.4) is 0 Å². The molecule has 0 radical (unpaired) electrons. The number of imidazole rings is 1. The third-order valence-corrected chi connectivity index (χ3v) is 6.58. The van der Waals surface area contributed by atoms with Crippen molar-refractivity contribution in [2.45, 2.75) is 26.4 Å². The molecule has 3 heterocycles. The molecule has 3 aromatic heterocycles. The molecule has 0 saturated heterocycles. The average Bonchev–Trinajstić information content (AvgIpc) is 3.55. The normalized spacial score (nSPS) is 11.1. The lowest BCUT2D eigenvalue weighted by Gasteiger charge is -2.09. The number of anilines is 1. The van der Waals surface area contributed by atoms with E-state index in [0.717, 1.165) is 16.0 Å². The molecule has 0 unspecified atom stereocenters. The van der Waals surface area contributed by atoms with Gasteiger partial charge >= 0.3 is 0 Å². The Labute approximate surface area is 211 Å². The standard InChI is InChI=1S/C27H24N6O2S/c1-18(2)33-23(34)13-12-22(31-33)25-24(20-6-4-3-5-7-20)29-27(36-25)30-26(35)21-10-8-19(9-11-21)16-32-15-14-28-17-32/h3-15,17-18H,16H2,1-2H3,(H,29,30,35). The smallest absolute Gasteiger partial charge is 0.267 e. The van der Waals surface area contributed by atoms with Gasteiger partial charge in [0.1, 0.15) is 5.69 Å². The van der Waals surface area contributed by atoms with Crippen molar-refractivity contribution in [3.05, 3.63) is 107 Å². The number of nitrogens with one attached hydrogen (secondary N) is 1. The molecule has 0 spiro atoms. The summed E-state index contributed by atoms with van der Waals surface area (Å²) in [5.74, 6) is -0.246. The number of benzene rings is 2. The highest BCUT2D eigenvalue weighted by Gasteiger charge is 2.19. The second-order valence-electron chi connectivity index (χ2n) is 8.54. The van der Waals surface area contributed by atoms with Gasteiger partial charge in [0.2, 0.25) is 0 Å². The lowest BCUT2D eigenvalue weighted by Crippen LogP contribution is -2.23. The van der Waals surface area contributed by atoms with Crippen molar-refractivity contribution in [3.8, 4) is 21.8 Å². The molecule has 2 aromatic carbocycles. The van der Waals surface area contributed by atoms with Gasteiger partial charge in [-0.3, -0.25) is 14.9 Å². The highest BCUT2D eigenvalue weighted by molar-refractivity contribution is 7.19. The maximum absolute atomic E-state index is 13.0. The van der Waals surface area contributed by atoms with E-state index in [1.165, 1.54) is 22.1 Å². The summed E-state index contributed by atoms with van der Waals surface area (Å²) in [5, 5.41) is 7.96. The van der Waals surface area contributed by atoms with E-state index < -0.39 is 0 Å². The van der Waals surface area contributed by atoms with Gasteiger partial charge in [0.05, 0.1) is 22.9 Å². The van der Waals surface area contributed by atoms with Crippen LogP contribution in [0.5, 0.6) is 0 Å². The fraction of sp³-hybridized carbons (Fsp3) is 0.148. The van der Waals surface area contributed by atoms with Crippen LogP contribution in [0.2, 0.25) is 0 Å². The van der Waals surface area contributed by atoms with E-state index in [1.54, 1.807) is 30.7 Å². The summed E-state index contributed by atoms with van der Waals surface area (Å²) < 4.78 is 3.42. The van der Waals surface area contributed by atoms with Crippen molar-refractivity contribution < 1.29 is 4.79 Å². The van der Waals surface area contributed by atoms with Gasteiger partial charge in [-0.2, -0.15) is 5.10 Å². The lowest BCUT2D eigenvalue weighted by atomic mass is 10.1. The number of rotatable bonds is 7. The molecule has 1 amide bonds. The van der Waals surface area contributed by atoms with Crippen LogP contribution in [0.25, 0.3) is 21.8 Å². The molecule has 0 aliphatic carbocycles. The predicted octanol–water partition coefficient (Wildman–Crippen LogP) is 5.11. The Morgan fingerprint density at radius 2 is 1.81 bits per heavy atom. The van der Waals surface area contributed by atoms with Crippen molar-refractivity contribution in [3.63, 3.8) is 0 Å². The highest BCUT2D eigenvalue weighted by Crippen LogP contribution is 2.38. The Kier molecular flexibility index (Phi) is 6.55. The van der Waals surface area contributed by atoms with Crippen molar-refractivity contribution in [1.82, 2.24) is 24.3 Å². The summed E-state index contributed by atoms with van der Waals surface area (Å²) in [4.78, 5) is 34.8. The number of hydrogen-bond acceptors (Lipinski definition) is 6. The fourth-order valence-electron chi connectivity index (χ4n) is 3.78. The van der Waals surface area contributed by atoms with E-state index >= 15 is 0 Å². The maximum atomic E-state index is 13.0. The van der Waals surface area contributed by atoms with Gasteiger partial charge in [-0.15, -0.1) is 0 Å². The van der Waals surface area contributed by atoms with E-state index in [4.69, 9.17) is 4.98 Å². The summed E-state index contributed by atoms with van der Waals surface area (Å²) in [6.45, 7) is 4.51. The molecule has 0 atom stereocenters. The van der Waals surface area contributed by atoms with Crippen LogP contribution in [0.1, 0.15) is 35.8 Å². The quantitative estimate of drug-likeness (QED) is 0.338.